The lowest BCUT2D eigenvalue weighted by Gasteiger charge is -2.08. The highest BCUT2D eigenvalue weighted by Gasteiger charge is 2.25. The number of hydrogen-bond acceptors (Lipinski definition) is 3. The van der Waals surface area contributed by atoms with E-state index in [1.54, 1.807) is 0 Å². The predicted molar refractivity (Wildman–Crippen MR) is 207 cm³/mol. The van der Waals surface area contributed by atoms with Crippen molar-refractivity contribution in [2.45, 2.75) is 0 Å². The lowest BCUT2D eigenvalue weighted by atomic mass is 9.98. The van der Waals surface area contributed by atoms with Gasteiger partial charge >= 0.3 is 0 Å². The van der Waals surface area contributed by atoms with E-state index in [0.717, 1.165) is 33.3 Å². The zero-order valence-corrected chi connectivity index (χ0v) is 26.9. The highest BCUT2D eigenvalue weighted by molar-refractivity contribution is 7.25. The van der Waals surface area contributed by atoms with E-state index >= 15 is 0 Å². The minimum absolute atomic E-state index is 0.897. The molecule has 5 heterocycles. The van der Waals surface area contributed by atoms with E-state index in [9.17, 15) is 0 Å². The smallest absolute Gasteiger partial charge is 0.165 e. The van der Waals surface area contributed by atoms with Crippen molar-refractivity contribution in [3.63, 3.8) is 0 Å². The second-order valence-electron chi connectivity index (χ2n) is 13.0. The number of nitrogens with zero attached hydrogens (tertiary/aromatic N) is 4. The van der Waals surface area contributed by atoms with Crippen LogP contribution in [0.4, 0.5) is 0 Å². The van der Waals surface area contributed by atoms with E-state index in [1.807, 2.05) is 23.5 Å². The van der Waals surface area contributed by atoms with Crippen molar-refractivity contribution in [1.29, 1.82) is 0 Å². The number of thiophene rings is 1. The molecule has 0 saturated heterocycles. The topological polar surface area (TPSA) is 35.1 Å². The summed E-state index contributed by atoms with van der Waals surface area (Å²) >= 11 is 1.86. The Balaban J connectivity index is 1.28. The summed E-state index contributed by atoms with van der Waals surface area (Å²) in [5.41, 5.74) is 11.9. The lowest BCUT2D eigenvalue weighted by molar-refractivity contribution is 1.18. The van der Waals surface area contributed by atoms with Crippen molar-refractivity contribution in [3.05, 3.63) is 146 Å². The van der Waals surface area contributed by atoms with Gasteiger partial charge in [0.2, 0.25) is 0 Å². The first kappa shape index (κ1) is 25.7. The zero-order valence-electron chi connectivity index (χ0n) is 26.1. The maximum Gasteiger partial charge on any atom is 0.165 e. The Kier molecular flexibility index (Phi) is 4.83. The monoisotopic (exact) mass is 640 g/mol. The molecule has 0 saturated carbocycles. The molecule has 0 spiro atoms. The molecule has 0 N–H and O–H groups in total. The minimum Gasteiger partial charge on any atom is -0.309 e. The maximum absolute atomic E-state index is 5.34. The highest BCUT2D eigenvalue weighted by Crippen LogP contribution is 2.46. The normalized spacial score (nSPS) is 12.5. The SMILES string of the molecule is c1ccc(-n2c3ccccc3c3c2ccc2c4cc(-c5ccc6sc7ccccc7c6c5)cc5c6nc7ccccc7nc6n(c45)c23)cc1. The van der Waals surface area contributed by atoms with Gasteiger partial charge in [-0.3, -0.25) is 4.40 Å². The van der Waals surface area contributed by atoms with Crippen LogP contribution in [0.1, 0.15) is 0 Å². The van der Waals surface area contributed by atoms with E-state index < -0.39 is 0 Å². The van der Waals surface area contributed by atoms with Crippen molar-refractivity contribution < 1.29 is 0 Å². The summed E-state index contributed by atoms with van der Waals surface area (Å²) in [7, 11) is 0. The van der Waals surface area contributed by atoms with Crippen molar-refractivity contribution >= 4 is 103 Å². The average Bonchev–Trinajstić information content (AvgIpc) is 3.89. The molecular weight excluding hydrogens is 617 g/mol. The maximum atomic E-state index is 5.34. The standard InChI is InChI=1S/C44H24N4S/c1-2-10-27(11-3-1)47-36-16-8-4-13-30(36)40-37(47)20-19-29-32-23-26(25-18-21-39-31(22-25)28-12-5-9-17-38(28)49-39)24-33-41-44(48(42(32)33)43(29)40)46-35-15-7-6-14-34(35)45-41/h1-24H. The fraction of sp³-hybridized carbons (Fsp3) is 0. The molecule has 12 aromatic rings. The third-order valence-corrected chi connectivity index (χ3v) is 11.6. The van der Waals surface area contributed by atoms with Crippen LogP contribution in [-0.4, -0.2) is 18.9 Å². The summed E-state index contributed by atoms with van der Waals surface area (Å²) in [6, 6.07) is 52.7. The Bertz CT molecular complexity index is 3330. The van der Waals surface area contributed by atoms with E-state index in [0.29, 0.717) is 0 Å². The number of benzene rings is 7. The summed E-state index contributed by atoms with van der Waals surface area (Å²) in [5, 5.41) is 8.65. The van der Waals surface area contributed by atoms with Gasteiger partial charge < -0.3 is 4.57 Å². The molecule has 49 heavy (non-hydrogen) atoms. The van der Waals surface area contributed by atoms with Gasteiger partial charge in [0.25, 0.3) is 0 Å². The lowest BCUT2D eigenvalue weighted by Crippen LogP contribution is -1.93. The van der Waals surface area contributed by atoms with Crippen molar-refractivity contribution in [1.82, 2.24) is 18.9 Å². The first-order valence-electron chi connectivity index (χ1n) is 16.6. The van der Waals surface area contributed by atoms with E-state index in [1.165, 1.54) is 74.9 Å². The molecule has 0 aliphatic rings. The highest BCUT2D eigenvalue weighted by atomic mass is 32.1. The first-order chi connectivity index (χ1) is 24.3. The Morgan fingerprint density at radius 1 is 0.449 bits per heavy atom. The van der Waals surface area contributed by atoms with Crippen molar-refractivity contribution in [2.75, 3.05) is 0 Å². The van der Waals surface area contributed by atoms with Crippen LogP contribution in [-0.2, 0) is 0 Å². The molecule has 0 aliphatic carbocycles. The average molecular weight is 641 g/mol. The minimum atomic E-state index is 0.897. The van der Waals surface area contributed by atoms with Gasteiger partial charge in [-0.05, 0) is 77.9 Å². The van der Waals surface area contributed by atoms with Gasteiger partial charge in [-0.2, -0.15) is 0 Å². The first-order valence-corrected chi connectivity index (χ1v) is 17.4. The van der Waals surface area contributed by atoms with E-state index in [2.05, 4.69) is 142 Å². The van der Waals surface area contributed by atoms with Gasteiger partial charge in [-0.1, -0.05) is 78.9 Å². The molecule has 4 nitrogen and oxygen atoms in total. The van der Waals surface area contributed by atoms with Gasteiger partial charge in [0.1, 0.15) is 5.52 Å². The van der Waals surface area contributed by atoms with Gasteiger partial charge in [0.15, 0.2) is 5.65 Å². The van der Waals surface area contributed by atoms with Crippen LogP contribution in [0.3, 0.4) is 0 Å². The van der Waals surface area contributed by atoms with Crippen LogP contribution in [0.5, 0.6) is 0 Å². The van der Waals surface area contributed by atoms with Gasteiger partial charge in [-0.25, -0.2) is 9.97 Å². The summed E-state index contributed by atoms with van der Waals surface area (Å²) in [5.74, 6) is 0. The Hall–Kier alpha value is -6.30. The molecule has 12 rings (SSSR count). The van der Waals surface area contributed by atoms with Crippen LogP contribution in [0.25, 0.3) is 108 Å². The summed E-state index contributed by atoms with van der Waals surface area (Å²) in [6.07, 6.45) is 0. The fourth-order valence-electron chi connectivity index (χ4n) is 8.33. The molecule has 7 aromatic carbocycles. The molecule has 5 aromatic heterocycles. The molecule has 0 aliphatic heterocycles. The second-order valence-corrected chi connectivity index (χ2v) is 14.1. The second kappa shape index (κ2) is 9.19. The van der Waals surface area contributed by atoms with Crippen LogP contribution in [0, 0.1) is 0 Å². The van der Waals surface area contributed by atoms with Crippen LogP contribution >= 0.6 is 11.3 Å². The molecule has 226 valence electrons. The van der Waals surface area contributed by atoms with Crippen LogP contribution in [0.15, 0.2) is 146 Å². The molecule has 5 heteroatoms. The molecule has 0 fully saturated rings. The van der Waals surface area contributed by atoms with Gasteiger partial charge in [-0.15, -0.1) is 11.3 Å². The van der Waals surface area contributed by atoms with E-state index in [4.69, 9.17) is 9.97 Å². The third-order valence-electron chi connectivity index (χ3n) is 10.4. The number of rotatable bonds is 2. The number of para-hydroxylation sites is 4. The molecule has 0 unspecified atom stereocenters. The molecular formula is C44H24N4S. The number of hydrogen-bond donors (Lipinski definition) is 0. The Morgan fingerprint density at radius 3 is 2.06 bits per heavy atom. The summed E-state index contributed by atoms with van der Waals surface area (Å²) in [4.78, 5) is 10.6. The molecule has 0 amide bonds. The third kappa shape index (κ3) is 3.32. The molecule has 0 radical (unpaired) electrons. The van der Waals surface area contributed by atoms with Crippen molar-refractivity contribution in [3.8, 4) is 16.8 Å². The molecule has 0 bridgehead atoms. The Labute approximate surface area is 283 Å². The number of fused-ring (bicyclic) bond motifs is 14. The molecule has 0 atom stereocenters. The summed E-state index contributed by atoms with van der Waals surface area (Å²) in [6.45, 7) is 0. The quantitative estimate of drug-likeness (QED) is 0.188. The zero-order chi connectivity index (χ0) is 31.8. The predicted octanol–water partition coefficient (Wildman–Crippen LogP) is 11.9. The van der Waals surface area contributed by atoms with E-state index in [-0.39, 0.29) is 0 Å². The van der Waals surface area contributed by atoms with Crippen molar-refractivity contribution in [2.24, 2.45) is 0 Å². The van der Waals surface area contributed by atoms with Crippen LogP contribution in [0.2, 0.25) is 0 Å². The largest absolute Gasteiger partial charge is 0.309 e. The van der Waals surface area contributed by atoms with Gasteiger partial charge in [0.05, 0.1) is 33.1 Å². The van der Waals surface area contributed by atoms with Crippen LogP contribution < -0.4 is 0 Å². The Morgan fingerprint density at radius 2 is 1.16 bits per heavy atom. The van der Waals surface area contributed by atoms with Gasteiger partial charge in [0, 0.05) is 52.8 Å². The fourth-order valence-corrected chi connectivity index (χ4v) is 9.42. The summed E-state index contributed by atoms with van der Waals surface area (Å²) < 4.78 is 7.43. The number of aromatic nitrogens is 4.